The Hall–Kier alpha value is -0.810. The molecule has 0 spiro atoms. The molecule has 0 aliphatic heterocycles. The average Bonchev–Trinajstić information content (AvgIpc) is 2.44. The first kappa shape index (κ1) is 21.2. The van der Waals surface area contributed by atoms with Crippen LogP contribution in [0.3, 0.4) is 0 Å². The Kier molecular flexibility index (Phi) is 8.40. The summed E-state index contributed by atoms with van der Waals surface area (Å²) in [5, 5.41) is 15.9. The lowest BCUT2D eigenvalue weighted by molar-refractivity contribution is 0.0441. The van der Waals surface area contributed by atoms with E-state index in [1.165, 1.54) is 0 Å². The van der Waals surface area contributed by atoms with E-state index < -0.39 is 5.60 Å². The van der Waals surface area contributed by atoms with Crippen molar-refractivity contribution in [1.82, 2.24) is 10.6 Å². The number of carbonyl (C=O) groups is 1. The molecule has 0 heterocycles. The molecule has 0 aliphatic rings. The average molecular weight is 316 g/mol. The molecule has 0 rings (SSSR count). The first-order chi connectivity index (χ1) is 10.1. The van der Waals surface area contributed by atoms with Crippen molar-refractivity contribution < 1.29 is 14.6 Å². The number of aliphatic hydroxyl groups excluding tert-OH is 1. The van der Waals surface area contributed by atoms with Crippen molar-refractivity contribution in [2.45, 2.75) is 78.9 Å². The topological polar surface area (TPSA) is 70.6 Å². The largest absolute Gasteiger partial charge is 0.444 e. The molecular formula is C17H36N2O3. The molecule has 0 saturated carbocycles. The highest BCUT2D eigenvalue weighted by atomic mass is 16.6. The van der Waals surface area contributed by atoms with Crippen LogP contribution in [-0.2, 0) is 4.74 Å². The van der Waals surface area contributed by atoms with Gasteiger partial charge in [-0.05, 0) is 40.0 Å². The highest BCUT2D eigenvalue weighted by Crippen LogP contribution is 2.20. The molecule has 1 atom stereocenters. The number of amides is 1. The third-order valence-corrected chi connectivity index (χ3v) is 4.37. The van der Waals surface area contributed by atoms with E-state index >= 15 is 0 Å². The van der Waals surface area contributed by atoms with E-state index in [4.69, 9.17) is 4.74 Å². The van der Waals surface area contributed by atoms with Crippen LogP contribution in [0.1, 0.15) is 67.7 Å². The summed E-state index contributed by atoms with van der Waals surface area (Å²) in [7, 11) is 0. The maximum Gasteiger partial charge on any atom is 0.408 e. The fourth-order valence-corrected chi connectivity index (χ4v) is 2.14. The van der Waals surface area contributed by atoms with Crippen molar-refractivity contribution in [3.8, 4) is 0 Å². The zero-order chi connectivity index (χ0) is 17.4. The van der Waals surface area contributed by atoms with Gasteiger partial charge in [0.25, 0.3) is 0 Å². The lowest BCUT2D eigenvalue weighted by atomic mass is 9.87. The summed E-state index contributed by atoms with van der Waals surface area (Å²) in [6.45, 7) is 15.4. The van der Waals surface area contributed by atoms with E-state index in [0.29, 0.717) is 6.54 Å². The second-order valence-electron chi connectivity index (χ2n) is 7.54. The van der Waals surface area contributed by atoms with Crippen LogP contribution in [0, 0.1) is 5.41 Å². The fraction of sp³-hybridized carbons (Fsp3) is 0.941. The maximum atomic E-state index is 12.1. The van der Waals surface area contributed by atoms with Crippen LogP contribution in [0.25, 0.3) is 0 Å². The highest BCUT2D eigenvalue weighted by Gasteiger charge is 2.31. The van der Waals surface area contributed by atoms with Crippen LogP contribution in [0.2, 0.25) is 0 Å². The number of nitrogens with one attached hydrogen (secondary N) is 2. The predicted octanol–water partition coefficient (Wildman–Crippen LogP) is 3.07. The van der Waals surface area contributed by atoms with E-state index in [1.807, 2.05) is 20.8 Å². The van der Waals surface area contributed by atoms with Gasteiger partial charge in [0.2, 0.25) is 0 Å². The summed E-state index contributed by atoms with van der Waals surface area (Å²) in [5.74, 6) is 0. The second kappa shape index (κ2) is 8.73. The normalized spacial score (nSPS) is 15.3. The van der Waals surface area contributed by atoms with Crippen LogP contribution in [0.4, 0.5) is 4.79 Å². The molecule has 1 amide bonds. The Bertz CT molecular complexity index is 329. The van der Waals surface area contributed by atoms with Gasteiger partial charge in [-0.2, -0.15) is 0 Å². The van der Waals surface area contributed by atoms with Gasteiger partial charge in [-0.3, -0.25) is 0 Å². The van der Waals surface area contributed by atoms with E-state index in [1.54, 1.807) is 0 Å². The van der Waals surface area contributed by atoms with Crippen molar-refractivity contribution in [3.05, 3.63) is 0 Å². The second-order valence-corrected chi connectivity index (χ2v) is 7.54. The predicted molar refractivity (Wildman–Crippen MR) is 91.0 cm³/mol. The molecule has 0 aliphatic carbocycles. The molecule has 5 heteroatoms. The van der Waals surface area contributed by atoms with Crippen LogP contribution in [0.5, 0.6) is 0 Å². The smallest absolute Gasteiger partial charge is 0.408 e. The number of aliphatic hydroxyl groups is 1. The molecule has 1 unspecified atom stereocenters. The minimum absolute atomic E-state index is 0.126. The maximum absolute atomic E-state index is 12.1. The molecule has 0 fully saturated rings. The molecule has 22 heavy (non-hydrogen) atoms. The zero-order valence-corrected chi connectivity index (χ0v) is 15.5. The minimum atomic E-state index is -0.498. The third kappa shape index (κ3) is 7.45. The van der Waals surface area contributed by atoms with Gasteiger partial charge in [-0.1, -0.05) is 27.7 Å². The van der Waals surface area contributed by atoms with Crippen molar-refractivity contribution in [1.29, 1.82) is 0 Å². The van der Waals surface area contributed by atoms with Gasteiger partial charge in [0.05, 0.1) is 5.54 Å². The summed E-state index contributed by atoms with van der Waals surface area (Å²) in [6.07, 6.45) is 2.16. The fourth-order valence-electron chi connectivity index (χ4n) is 2.14. The molecule has 0 saturated heterocycles. The Morgan fingerprint density at radius 3 is 1.91 bits per heavy atom. The SMILES string of the molecule is CCC(C)(CO)CNCC(CC)(CC)NC(=O)OC(C)(C)C. The van der Waals surface area contributed by atoms with Crippen LogP contribution >= 0.6 is 0 Å². The van der Waals surface area contributed by atoms with Gasteiger partial charge >= 0.3 is 6.09 Å². The molecule has 0 aromatic heterocycles. The van der Waals surface area contributed by atoms with E-state index in [0.717, 1.165) is 25.8 Å². The summed E-state index contributed by atoms with van der Waals surface area (Å²) >= 11 is 0. The van der Waals surface area contributed by atoms with Gasteiger partial charge < -0.3 is 20.5 Å². The van der Waals surface area contributed by atoms with Crippen molar-refractivity contribution in [3.63, 3.8) is 0 Å². The van der Waals surface area contributed by atoms with Crippen molar-refractivity contribution in [2.24, 2.45) is 5.41 Å². The summed E-state index contributed by atoms with van der Waals surface area (Å²) in [6, 6.07) is 0. The molecular weight excluding hydrogens is 280 g/mol. The molecule has 0 bridgehead atoms. The molecule has 0 aromatic carbocycles. The number of ether oxygens (including phenoxy) is 1. The third-order valence-electron chi connectivity index (χ3n) is 4.37. The first-order valence-electron chi connectivity index (χ1n) is 8.38. The van der Waals surface area contributed by atoms with Gasteiger partial charge in [-0.15, -0.1) is 0 Å². The molecule has 0 radical (unpaired) electrons. The Morgan fingerprint density at radius 2 is 1.55 bits per heavy atom. The van der Waals surface area contributed by atoms with E-state index in [-0.39, 0.29) is 23.7 Å². The zero-order valence-electron chi connectivity index (χ0n) is 15.5. The number of rotatable bonds is 9. The highest BCUT2D eigenvalue weighted by molar-refractivity contribution is 5.68. The minimum Gasteiger partial charge on any atom is -0.444 e. The van der Waals surface area contributed by atoms with Gasteiger partial charge in [-0.25, -0.2) is 4.79 Å². The van der Waals surface area contributed by atoms with Gasteiger partial charge in [0, 0.05) is 25.1 Å². The van der Waals surface area contributed by atoms with Crippen molar-refractivity contribution in [2.75, 3.05) is 19.7 Å². The number of alkyl carbamates (subject to hydrolysis) is 1. The standard InChI is InChI=1S/C17H36N2O3/c1-8-16(7,13-20)11-18-12-17(9-2,10-3)19-14(21)22-15(4,5)6/h18,20H,8-13H2,1-7H3,(H,19,21). The first-order valence-corrected chi connectivity index (χ1v) is 8.38. The van der Waals surface area contributed by atoms with Crippen molar-refractivity contribution >= 4 is 6.09 Å². The Balaban J connectivity index is 4.66. The van der Waals surface area contributed by atoms with Crippen LogP contribution in [0.15, 0.2) is 0 Å². The van der Waals surface area contributed by atoms with Gasteiger partial charge in [0.15, 0.2) is 0 Å². The van der Waals surface area contributed by atoms with Crippen LogP contribution < -0.4 is 10.6 Å². The molecule has 132 valence electrons. The van der Waals surface area contributed by atoms with E-state index in [9.17, 15) is 9.90 Å². The number of hydrogen-bond donors (Lipinski definition) is 3. The quantitative estimate of drug-likeness (QED) is 0.611. The lowest BCUT2D eigenvalue weighted by Crippen LogP contribution is -2.56. The Morgan fingerprint density at radius 1 is 1.00 bits per heavy atom. The number of carbonyl (C=O) groups excluding carboxylic acids is 1. The monoisotopic (exact) mass is 316 g/mol. The molecule has 3 N–H and O–H groups in total. The molecule has 5 nitrogen and oxygen atoms in total. The van der Waals surface area contributed by atoms with Crippen LogP contribution in [-0.4, -0.2) is 42.0 Å². The summed E-state index contributed by atoms with van der Waals surface area (Å²) < 4.78 is 5.37. The molecule has 0 aromatic rings. The number of hydrogen-bond acceptors (Lipinski definition) is 4. The van der Waals surface area contributed by atoms with Gasteiger partial charge in [0.1, 0.15) is 5.60 Å². The lowest BCUT2D eigenvalue weighted by Gasteiger charge is -2.36. The summed E-state index contributed by atoms with van der Waals surface area (Å²) in [4.78, 5) is 12.1. The van der Waals surface area contributed by atoms with E-state index in [2.05, 4.69) is 38.3 Å². The Labute approximate surface area is 136 Å². The summed E-state index contributed by atoms with van der Waals surface area (Å²) in [5.41, 5.74) is -0.950.